The van der Waals surface area contributed by atoms with Gasteiger partial charge in [-0.05, 0) is 36.4 Å². The van der Waals surface area contributed by atoms with E-state index in [1.165, 1.54) is 13.2 Å². The minimum atomic E-state index is -0.480. The third kappa shape index (κ3) is 4.08. The van der Waals surface area contributed by atoms with Crippen LogP contribution in [-0.4, -0.2) is 42.6 Å². The Morgan fingerprint density at radius 2 is 1.94 bits per heavy atom. The van der Waals surface area contributed by atoms with E-state index in [9.17, 15) is 9.18 Å². The lowest BCUT2D eigenvalue weighted by Gasteiger charge is -2.09. The van der Waals surface area contributed by atoms with E-state index in [2.05, 4.69) is 25.6 Å². The van der Waals surface area contributed by atoms with Gasteiger partial charge in [-0.3, -0.25) is 4.57 Å². The normalized spacial score (nSPS) is 11.0. The first-order valence-corrected chi connectivity index (χ1v) is 10.5. The molecule has 0 radical (unpaired) electrons. The first kappa shape index (κ1) is 21.3. The fraction of sp³-hybridized carbons (Fsp3) is 0.125. The maximum Gasteiger partial charge on any atom is 0.341 e. The molecular formula is C24H20FN7O2. The summed E-state index contributed by atoms with van der Waals surface area (Å²) < 4.78 is 22.9. The maximum absolute atomic E-state index is 14.7. The van der Waals surface area contributed by atoms with E-state index in [0.717, 1.165) is 5.69 Å². The quantitative estimate of drug-likeness (QED) is 0.373. The highest BCUT2D eigenvalue weighted by atomic mass is 19.1. The molecule has 5 aromatic rings. The van der Waals surface area contributed by atoms with Gasteiger partial charge < -0.3 is 10.1 Å². The zero-order valence-corrected chi connectivity index (χ0v) is 18.2. The minimum absolute atomic E-state index is 0.285. The van der Waals surface area contributed by atoms with Gasteiger partial charge in [-0.25, -0.2) is 23.8 Å². The summed E-state index contributed by atoms with van der Waals surface area (Å²) in [6.45, 7) is 0.581. The number of hydrogen-bond donors (Lipinski definition) is 1. The van der Waals surface area contributed by atoms with Crippen molar-refractivity contribution in [3.8, 4) is 5.69 Å². The molecular weight excluding hydrogens is 437 g/mol. The number of esters is 1. The molecule has 0 amide bonds. The van der Waals surface area contributed by atoms with Crippen LogP contribution in [0.4, 0.5) is 10.2 Å². The molecule has 34 heavy (non-hydrogen) atoms. The summed E-state index contributed by atoms with van der Waals surface area (Å²) in [6.07, 6.45) is 3.34. The highest BCUT2D eigenvalue weighted by Gasteiger charge is 2.17. The number of methoxy groups -OCH3 is 1. The Bertz CT molecular complexity index is 1460. The van der Waals surface area contributed by atoms with Crippen molar-refractivity contribution in [2.45, 2.75) is 13.1 Å². The number of aromatic nitrogens is 6. The highest BCUT2D eigenvalue weighted by Crippen LogP contribution is 2.24. The number of para-hydroxylation sites is 2. The third-order valence-corrected chi connectivity index (χ3v) is 5.25. The molecule has 0 aliphatic heterocycles. The molecule has 1 N–H and O–H groups in total. The summed E-state index contributed by atoms with van der Waals surface area (Å²) in [7, 11) is 1.32. The fourth-order valence-electron chi connectivity index (χ4n) is 3.73. The number of hydrogen-bond acceptors (Lipinski definition) is 7. The molecule has 0 saturated heterocycles. The van der Waals surface area contributed by atoms with Crippen LogP contribution in [0.25, 0.3) is 16.7 Å². The zero-order chi connectivity index (χ0) is 23.5. The molecule has 0 fully saturated rings. The minimum Gasteiger partial charge on any atom is -0.465 e. The first-order valence-electron chi connectivity index (χ1n) is 10.5. The van der Waals surface area contributed by atoms with Gasteiger partial charge in [-0.2, -0.15) is 0 Å². The summed E-state index contributed by atoms with van der Waals surface area (Å²) >= 11 is 0. The zero-order valence-electron chi connectivity index (χ0n) is 18.2. The Balaban J connectivity index is 1.40. The summed E-state index contributed by atoms with van der Waals surface area (Å²) in [5.74, 6) is 0.185. The lowest BCUT2D eigenvalue weighted by atomic mass is 10.2. The summed E-state index contributed by atoms with van der Waals surface area (Å²) in [4.78, 5) is 20.8. The van der Waals surface area contributed by atoms with Crippen molar-refractivity contribution >= 4 is 22.8 Å². The number of carbonyl (C=O) groups excluding carboxylic acids is 1. The van der Waals surface area contributed by atoms with Crippen LogP contribution < -0.4 is 5.32 Å². The summed E-state index contributed by atoms with van der Waals surface area (Å²) in [5.41, 5.74) is 2.74. The number of nitrogens with one attached hydrogen (secondary N) is 1. The van der Waals surface area contributed by atoms with Gasteiger partial charge in [-0.15, -0.1) is 5.10 Å². The van der Waals surface area contributed by atoms with Gasteiger partial charge in [0.25, 0.3) is 0 Å². The van der Waals surface area contributed by atoms with E-state index < -0.39 is 5.97 Å². The van der Waals surface area contributed by atoms with Crippen LogP contribution in [0, 0.1) is 5.82 Å². The molecule has 0 spiro atoms. The average molecular weight is 457 g/mol. The standard InChI is InChI=1S/C24H20FN7O2/c1-34-24(33)18-9-6-12-26-23(18)27-13-16-14-31(30-29-16)15-21-28-20-11-5-10-19(25)22(20)32(21)17-7-3-2-4-8-17/h2-12,14H,13,15H2,1H3,(H,26,27). The van der Waals surface area contributed by atoms with Crippen LogP contribution in [0.2, 0.25) is 0 Å². The highest BCUT2D eigenvalue weighted by molar-refractivity contribution is 5.94. The van der Waals surface area contributed by atoms with E-state index >= 15 is 0 Å². The molecule has 3 aromatic heterocycles. The molecule has 3 heterocycles. The molecule has 0 unspecified atom stereocenters. The lowest BCUT2D eigenvalue weighted by molar-refractivity contribution is 0.0601. The molecule has 170 valence electrons. The Morgan fingerprint density at radius 3 is 2.76 bits per heavy atom. The number of imidazole rings is 1. The second kappa shape index (κ2) is 9.10. The van der Waals surface area contributed by atoms with Gasteiger partial charge in [-0.1, -0.05) is 29.5 Å². The van der Waals surface area contributed by atoms with E-state index in [1.807, 2.05) is 30.3 Å². The van der Waals surface area contributed by atoms with Gasteiger partial charge >= 0.3 is 5.97 Å². The van der Waals surface area contributed by atoms with Gasteiger partial charge in [0.15, 0.2) is 0 Å². The molecule has 0 aliphatic carbocycles. The molecule has 0 atom stereocenters. The smallest absolute Gasteiger partial charge is 0.341 e. The van der Waals surface area contributed by atoms with Crippen LogP contribution in [0.5, 0.6) is 0 Å². The largest absolute Gasteiger partial charge is 0.465 e. The van der Waals surface area contributed by atoms with E-state index in [1.54, 1.807) is 45.9 Å². The molecule has 5 rings (SSSR count). The number of halogens is 1. The number of pyridine rings is 1. The van der Waals surface area contributed by atoms with Gasteiger partial charge in [0.05, 0.1) is 25.4 Å². The van der Waals surface area contributed by atoms with Gasteiger partial charge in [0.1, 0.15) is 40.8 Å². The van der Waals surface area contributed by atoms with Crippen LogP contribution >= 0.6 is 0 Å². The molecule has 0 aliphatic rings. The SMILES string of the molecule is COC(=O)c1cccnc1NCc1cn(Cc2nc3cccc(F)c3n2-c2ccccc2)nn1. The molecule has 10 heteroatoms. The Kier molecular flexibility index (Phi) is 5.69. The Labute approximate surface area is 193 Å². The number of ether oxygens (including phenoxy) is 1. The van der Waals surface area contributed by atoms with Crippen molar-refractivity contribution in [1.82, 2.24) is 29.5 Å². The third-order valence-electron chi connectivity index (χ3n) is 5.25. The van der Waals surface area contributed by atoms with E-state index in [-0.39, 0.29) is 12.4 Å². The Hall–Kier alpha value is -4.60. The first-order chi connectivity index (χ1) is 16.6. The number of fused-ring (bicyclic) bond motifs is 1. The fourth-order valence-corrected chi connectivity index (χ4v) is 3.73. The van der Waals surface area contributed by atoms with E-state index in [4.69, 9.17) is 4.74 Å². The number of rotatable bonds is 7. The van der Waals surface area contributed by atoms with Crippen LogP contribution in [0.3, 0.4) is 0 Å². The Morgan fingerprint density at radius 1 is 1.09 bits per heavy atom. The van der Waals surface area contributed by atoms with Crippen molar-refractivity contribution in [2.24, 2.45) is 0 Å². The molecule has 0 saturated carbocycles. The summed E-state index contributed by atoms with van der Waals surface area (Å²) in [6, 6.07) is 17.6. The van der Waals surface area contributed by atoms with Crippen molar-refractivity contribution in [3.05, 3.63) is 96.0 Å². The number of anilines is 1. The second-order valence-corrected chi connectivity index (χ2v) is 7.46. The number of carbonyl (C=O) groups is 1. The predicted molar refractivity (Wildman–Crippen MR) is 123 cm³/mol. The van der Waals surface area contributed by atoms with Crippen molar-refractivity contribution in [1.29, 1.82) is 0 Å². The topological polar surface area (TPSA) is 99.8 Å². The van der Waals surface area contributed by atoms with Crippen molar-refractivity contribution in [3.63, 3.8) is 0 Å². The molecule has 2 aromatic carbocycles. The number of benzene rings is 2. The molecule has 9 nitrogen and oxygen atoms in total. The van der Waals surface area contributed by atoms with Gasteiger partial charge in [0, 0.05) is 11.9 Å². The van der Waals surface area contributed by atoms with Crippen molar-refractivity contribution in [2.75, 3.05) is 12.4 Å². The summed E-state index contributed by atoms with van der Waals surface area (Å²) in [5, 5.41) is 11.5. The monoisotopic (exact) mass is 457 g/mol. The van der Waals surface area contributed by atoms with E-state index in [0.29, 0.717) is 40.5 Å². The number of nitrogens with zero attached hydrogens (tertiary/aromatic N) is 6. The second-order valence-electron chi connectivity index (χ2n) is 7.46. The van der Waals surface area contributed by atoms with Crippen LogP contribution in [0.1, 0.15) is 21.9 Å². The lowest BCUT2D eigenvalue weighted by Crippen LogP contribution is -2.10. The molecule has 0 bridgehead atoms. The van der Waals surface area contributed by atoms with Crippen molar-refractivity contribution < 1.29 is 13.9 Å². The van der Waals surface area contributed by atoms with Gasteiger partial charge in [0.2, 0.25) is 0 Å². The maximum atomic E-state index is 14.7. The predicted octanol–water partition coefficient (Wildman–Crippen LogP) is 3.60. The van der Waals surface area contributed by atoms with Crippen LogP contribution in [0.15, 0.2) is 73.1 Å². The average Bonchev–Trinajstić information content (AvgIpc) is 3.48. The van der Waals surface area contributed by atoms with Crippen LogP contribution in [-0.2, 0) is 17.8 Å².